The van der Waals surface area contributed by atoms with Gasteiger partial charge >= 0.3 is 18.4 Å². The second-order valence-corrected chi connectivity index (χ2v) is 8.48. The number of halogens is 7. The van der Waals surface area contributed by atoms with E-state index >= 15 is 0 Å². The van der Waals surface area contributed by atoms with Gasteiger partial charge in [0.2, 0.25) is 5.91 Å². The molecular formula is C20H20F7N3O4. The zero-order chi connectivity index (χ0) is 24.9. The Morgan fingerprint density at radius 3 is 2.50 bits per heavy atom. The van der Waals surface area contributed by atoms with Crippen molar-refractivity contribution in [3.05, 3.63) is 35.1 Å². The van der Waals surface area contributed by atoms with Crippen LogP contribution in [0.1, 0.15) is 17.5 Å². The molecule has 2 atom stereocenters. The summed E-state index contributed by atoms with van der Waals surface area (Å²) in [6, 6.07) is 0.311. The van der Waals surface area contributed by atoms with Gasteiger partial charge in [-0.1, -0.05) is 6.07 Å². The molecule has 14 heteroatoms. The number of carbonyl (C=O) groups excluding carboxylic acids is 2. The largest absolute Gasteiger partial charge is 0.420 e. The summed E-state index contributed by atoms with van der Waals surface area (Å²) < 4.78 is 104. The van der Waals surface area contributed by atoms with Crippen molar-refractivity contribution in [3.8, 4) is 0 Å². The molecule has 0 spiro atoms. The maximum atomic E-state index is 14.0. The molecular weight excluding hydrogens is 479 g/mol. The van der Waals surface area contributed by atoms with Gasteiger partial charge in [0, 0.05) is 18.7 Å². The molecule has 1 aromatic rings. The Balaban J connectivity index is 1.39. The molecule has 3 aliphatic heterocycles. The summed E-state index contributed by atoms with van der Waals surface area (Å²) in [7, 11) is 0. The van der Waals surface area contributed by atoms with Crippen molar-refractivity contribution in [1.29, 1.82) is 0 Å². The Hall–Kier alpha value is -2.61. The standard InChI is InChI=1S/C20H20F7N3O4/c21-13-5-12(19(22,23)24)2-1-11(13)7-34-18(20(25,26)27)9-30(10-18)17(32)29-4-3-15-14(6-29)28-16(31)8-33-15/h1-2,5,14-15H,3-4,6-10H2,(H,28,31)/t14-,15+/m1/s1. The van der Waals surface area contributed by atoms with Gasteiger partial charge in [0.1, 0.15) is 12.4 Å². The Labute approximate surface area is 188 Å². The summed E-state index contributed by atoms with van der Waals surface area (Å²) in [5.74, 6) is -1.70. The molecule has 188 valence electrons. The van der Waals surface area contributed by atoms with Crippen molar-refractivity contribution >= 4 is 11.9 Å². The molecule has 3 amide bonds. The number of nitrogens with zero attached hydrogens (tertiary/aromatic N) is 2. The topological polar surface area (TPSA) is 71.1 Å². The van der Waals surface area contributed by atoms with Crippen LogP contribution in [0.3, 0.4) is 0 Å². The lowest BCUT2D eigenvalue weighted by Gasteiger charge is -2.52. The highest BCUT2D eigenvalue weighted by Crippen LogP contribution is 2.42. The molecule has 4 rings (SSSR count). The summed E-state index contributed by atoms with van der Waals surface area (Å²) in [6.07, 6.45) is -9.60. The molecule has 0 bridgehead atoms. The molecule has 0 aromatic heterocycles. The first kappa shape index (κ1) is 24.5. The van der Waals surface area contributed by atoms with Crippen molar-refractivity contribution in [1.82, 2.24) is 15.1 Å². The van der Waals surface area contributed by atoms with Crippen LogP contribution in [-0.2, 0) is 27.1 Å². The number of rotatable bonds is 3. The van der Waals surface area contributed by atoms with Crippen LogP contribution in [0.2, 0.25) is 0 Å². The van der Waals surface area contributed by atoms with E-state index < -0.39 is 66.7 Å². The Morgan fingerprint density at radius 1 is 1.18 bits per heavy atom. The van der Waals surface area contributed by atoms with Crippen LogP contribution < -0.4 is 5.32 Å². The predicted octanol–water partition coefficient (Wildman–Crippen LogP) is 2.69. The van der Waals surface area contributed by atoms with Crippen molar-refractivity contribution in [2.45, 2.75) is 43.1 Å². The lowest BCUT2D eigenvalue weighted by atomic mass is 9.92. The highest BCUT2D eigenvalue weighted by molar-refractivity contribution is 5.79. The van der Waals surface area contributed by atoms with Crippen molar-refractivity contribution in [3.63, 3.8) is 0 Å². The van der Waals surface area contributed by atoms with Crippen LogP contribution in [0, 0.1) is 5.82 Å². The third-order valence-corrected chi connectivity index (χ3v) is 6.16. The van der Waals surface area contributed by atoms with Crippen LogP contribution >= 0.6 is 0 Å². The number of hydrogen-bond acceptors (Lipinski definition) is 4. The van der Waals surface area contributed by atoms with Crippen LogP contribution in [0.25, 0.3) is 0 Å². The second-order valence-electron chi connectivity index (χ2n) is 8.48. The maximum absolute atomic E-state index is 14.0. The van der Waals surface area contributed by atoms with Gasteiger partial charge in [0.25, 0.3) is 0 Å². The lowest BCUT2D eigenvalue weighted by Crippen LogP contribution is -2.73. The van der Waals surface area contributed by atoms with E-state index in [1.807, 2.05) is 0 Å². The number of ether oxygens (including phenoxy) is 2. The molecule has 7 nitrogen and oxygen atoms in total. The van der Waals surface area contributed by atoms with Crippen molar-refractivity contribution < 1.29 is 49.8 Å². The molecule has 0 unspecified atom stereocenters. The first-order valence-electron chi connectivity index (χ1n) is 10.3. The highest BCUT2D eigenvalue weighted by Gasteiger charge is 2.64. The smallest absolute Gasteiger partial charge is 0.366 e. The van der Waals surface area contributed by atoms with Crippen molar-refractivity contribution in [2.24, 2.45) is 0 Å². The minimum atomic E-state index is -4.91. The average molecular weight is 499 g/mol. The number of hydrogen-bond donors (Lipinski definition) is 1. The molecule has 0 saturated carbocycles. The Bertz CT molecular complexity index is 962. The number of likely N-dealkylation sites (tertiary alicyclic amines) is 2. The van der Waals surface area contributed by atoms with E-state index in [1.165, 1.54) is 4.90 Å². The molecule has 1 N–H and O–H groups in total. The highest BCUT2D eigenvalue weighted by atomic mass is 19.4. The van der Waals surface area contributed by atoms with Crippen LogP contribution in [0.15, 0.2) is 18.2 Å². The number of morpholine rings is 1. The van der Waals surface area contributed by atoms with E-state index in [2.05, 4.69) is 5.32 Å². The SMILES string of the molecule is O=C1CO[C@H]2CCN(C(=O)N3CC(OCc4ccc(C(F)(F)F)cc4F)(C(F)(F)F)C3)C[C@H]2N1. The number of urea groups is 1. The van der Waals surface area contributed by atoms with Gasteiger partial charge in [0.05, 0.1) is 37.4 Å². The van der Waals surface area contributed by atoms with E-state index in [0.29, 0.717) is 18.6 Å². The fourth-order valence-corrected chi connectivity index (χ4v) is 4.19. The molecule has 3 heterocycles. The third kappa shape index (κ3) is 4.65. The van der Waals surface area contributed by atoms with E-state index in [1.54, 1.807) is 0 Å². The summed E-state index contributed by atoms with van der Waals surface area (Å²) in [5.41, 5.74) is -4.53. The minimum absolute atomic E-state index is 0.0718. The lowest BCUT2D eigenvalue weighted by molar-refractivity contribution is -0.316. The first-order valence-corrected chi connectivity index (χ1v) is 10.3. The molecule has 3 fully saturated rings. The average Bonchev–Trinajstić information content (AvgIpc) is 2.71. The van der Waals surface area contributed by atoms with E-state index in [9.17, 15) is 40.3 Å². The van der Waals surface area contributed by atoms with Crippen LogP contribution in [-0.4, -0.2) is 78.4 Å². The molecule has 1 aromatic carbocycles. The predicted molar refractivity (Wildman–Crippen MR) is 99.8 cm³/mol. The fraction of sp³-hybridized carbons (Fsp3) is 0.600. The zero-order valence-corrected chi connectivity index (χ0v) is 17.5. The minimum Gasteiger partial charge on any atom is -0.366 e. The molecule has 0 radical (unpaired) electrons. The van der Waals surface area contributed by atoms with E-state index in [-0.39, 0.29) is 37.8 Å². The van der Waals surface area contributed by atoms with Gasteiger partial charge in [-0.25, -0.2) is 9.18 Å². The second kappa shape index (κ2) is 8.56. The Morgan fingerprint density at radius 2 is 1.88 bits per heavy atom. The molecule has 3 aliphatic rings. The van der Waals surface area contributed by atoms with Gasteiger partial charge in [0.15, 0.2) is 5.60 Å². The fourth-order valence-electron chi connectivity index (χ4n) is 4.19. The van der Waals surface area contributed by atoms with Crippen LogP contribution in [0.5, 0.6) is 0 Å². The number of benzene rings is 1. The van der Waals surface area contributed by atoms with E-state index in [4.69, 9.17) is 9.47 Å². The monoisotopic (exact) mass is 499 g/mol. The number of fused-ring (bicyclic) bond motifs is 1. The number of piperidine rings is 1. The summed E-state index contributed by atoms with van der Waals surface area (Å²) in [6.45, 7) is -2.43. The quantitative estimate of drug-likeness (QED) is 0.650. The Kier molecular flexibility index (Phi) is 6.17. The van der Waals surface area contributed by atoms with E-state index in [0.717, 1.165) is 4.90 Å². The summed E-state index contributed by atoms with van der Waals surface area (Å²) in [5, 5.41) is 2.69. The zero-order valence-electron chi connectivity index (χ0n) is 17.5. The number of nitrogens with one attached hydrogen (secondary N) is 1. The van der Waals surface area contributed by atoms with Gasteiger partial charge < -0.3 is 24.6 Å². The van der Waals surface area contributed by atoms with Crippen molar-refractivity contribution in [2.75, 3.05) is 32.8 Å². The number of carbonyl (C=O) groups is 2. The summed E-state index contributed by atoms with van der Waals surface area (Å²) >= 11 is 0. The maximum Gasteiger partial charge on any atom is 0.420 e. The normalized spacial score (nSPS) is 24.9. The number of alkyl halides is 6. The third-order valence-electron chi connectivity index (χ3n) is 6.16. The van der Waals surface area contributed by atoms with Gasteiger partial charge in [-0.05, 0) is 18.6 Å². The van der Waals surface area contributed by atoms with Crippen LogP contribution in [0.4, 0.5) is 35.5 Å². The number of amides is 3. The van der Waals surface area contributed by atoms with Gasteiger partial charge in [-0.2, -0.15) is 26.3 Å². The summed E-state index contributed by atoms with van der Waals surface area (Å²) in [4.78, 5) is 26.4. The first-order chi connectivity index (χ1) is 15.8. The molecule has 34 heavy (non-hydrogen) atoms. The van der Waals surface area contributed by atoms with Gasteiger partial charge in [-0.3, -0.25) is 4.79 Å². The molecule has 3 saturated heterocycles. The van der Waals surface area contributed by atoms with Gasteiger partial charge in [-0.15, -0.1) is 0 Å². The molecule has 0 aliphatic carbocycles.